The highest BCUT2D eigenvalue weighted by Gasteiger charge is 2.05. The zero-order chi connectivity index (χ0) is 9.97. The fourth-order valence-corrected chi connectivity index (χ4v) is 1.78. The minimum absolute atomic E-state index is 0.487. The van der Waals surface area contributed by atoms with Crippen molar-refractivity contribution in [2.45, 2.75) is 6.54 Å². The summed E-state index contributed by atoms with van der Waals surface area (Å²) in [6, 6.07) is 9.84. The van der Waals surface area contributed by atoms with Crippen molar-refractivity contribution < 1.29 is 0 Å². The van der Waals surface area contributed by atoms with Crippen LogP contribution in [0.25, 0.3) is 5.69 Å². The molecule has 0 aliphatic heterocycles. The van der Waals surface area contributed by atoms with Crippen LogP contribution < -0.4 is 5.73 Å². The molecule has 1 aromatic heterocycles. The molecule has 2 N–H and O–H groups in total. The summed E-state index contributed by atoms with van der Waals surface area (Å²) in [6.45, 7) is 0.487. The number of nitrogens with two attached hydrogens (primary N) is 1. The first-order valence-corrected chi connectivity index (χ1v) is 5.10. The largest absolute Gasteiger partial charge is 0.325 e. The zero-order valence-electron chi connectivity index (χ0n) is 7.52. The van der Waals surface area contributed by atoms with Crippen LogP contribution in [0.4, 0.5) is 0 Å². The maximum Gasteiger partial charge on any atom is 0.0791 e. The smallest absolute Gasteiger partial charge is 0.0791 e. The molecule has 3 nitrogen and oxygen atoms in total. The van der Waals surface area contributed by atoms with Crippen LogP contribution in [0.3, 0.4) is 0 Å². The summed E-state index contributed by atoms with van der Waals surface area (Å²) < 4.78 is 2.85. The van der Waals surface area contributed by atoms with Gasteiger partial charge < -0.3 is 5.73 Å². The highest BCUT2D eigenvalue weighted by atomic mass is 79.9. The van der Waals surface area contributed by atoms with E-state index in [4.69, 9.17) is 5.73 Å². The Morgan fingerprint density at radius 3 is 2.79 bits per heavy atom. The normalized spacial score (nSPS) is 10.4. The molecule has 2 rings (SSSR count). The third kappa shape index (κ3) is 1.58. The molecule has 72 valence electrons. The van der Waals surface area contributed by atoms with Crippen LogP contribution in [-0.2, 0) is 6.54 Å². The van der Waals surface area contributed by atoms with Gasteiger partial charge in [-0.15, -0.1) is 0 Å². The lowest BCUT2D eigenvalue weighted by Gasteiger charge is -2.07. The van der Waals surface area contributed by atoms with Crippen molar-refractivity contribution in [1.82, 2.24) is 9.78 Å². The first kappa shape index (κ1) is 9.43. The maximum atomic E-state index is 5.61. The standard InChI is InChI=1S/C10H10BrN3/c11-9-3-1-2-4-10(9)14-8(7-12)5-6-13-14/h1-6H,7,12H2. The van der Waals surface area contributed by atoms with E-state index in [0.717, 1.165) is 15.9 Å². The second-order valence-electron chi connectivity index (χ2n) is 2.89. The molecule has 14 heavy (non-hydrogen) atoms. The second kappa shape index (κ2) is 3.94. The third-order valence-corrected chi connectivity index (χ3v) is 2.68. The number of rotatable bonds is 2. The Kier molecular flexibility index (Phi) is 2.65. The van der Waals surface area contributed by atoms with Gasteiger partial charge in [-0.1, -0.05) is 12.1 Å². The molecular weight excluding hydrogens is 242 g/mol. The first-order chi connectivity index (χ1) is 6.83. The Hall–Kier alpha value is -1.13. The predicted octanol–water partition coefficient (Wildman–Crippen LogP) is 2.09. The van der Waals surface area contributed by atoms with Crippen molar-refractivity contribution in [2.75, 3.05) is 0 Å². The molecule has 0 saturated carbocycles. The van der Waals surface area contributed by atoms with Crippen LogP contribution in [0.2, 0.25) is 0 Å². The molecule has 0 radical (unpaired) electrons. The molecule has 0 spiro atoms. The van der Waals surface area contributed by atoms with Gasteiger partial charge in [0, 0.05) is 17.2 Å². The quantitative estimate of drug-likeness (QED) is 0.889. The van der Waals surface area contributed by atoms with Crippen LogP contribution in [0.1, 0.15) is 5.69 Å². The van der Waals surface area contributed by atoms with E-state index < -0.39 is 0 Å². The summed E-state index contributed by atoms with van der Waals surface area (Å²) >= 11 is 3.48. The zero-order valence-corrected chi connectivity index (χ0v) is 9.11. The first-order valence-electron chi connectivity index (χ1n) is 4.31. The number of hydrogen-bond donors (Lipinski definition) is 1. The molecule has 0 atom stereocenters. The topological polar surface area (TPSA) is 43.8 Å². The van der Waals surface area contributed by atoms with Gasteiger partial charge in [-0.25, -0.2) is 4.68 Å². The summed E-state index contributed by atoms with van der Waals surface area (Å²) in [4.78, 5) is 0. The summed E-state index contributed by atoms with van der Waals surface area (Å²) in [5, 5.41) is 4.22. The molecular formula is C10H10BrN3. The van der Waals surface area contributed by atoms with Crippen molar-refractivity contribution in [2.24, 2.45) is 5.73 Å². The van der Waals surface area contributed by atoms with E-state index in [2.05, 4.69) is 21.0 Å². The SMILES string of the molecule is NCc1ccnn1-c1ccccc1Br. The van der Waals surface area contributed by atoms with Gasteiger partial charge in [-0.05, 0) is 34.1 Å². The Balaban J connectivity index is 2.54. The van der Waals surface area contributed by atoms with Crippen LogP contribution in [0, 0.1) is 0 Å². The highest BCUT2D eigenvalue weighted by Crippen LogP contribution is 2.20. The van der Waals surface area contributed by atoms with Gasteiger partial charge in [0.15, 0.2) is 0 Å². The molecule has 1 aromatic carbocycles. The molecule has 0 bridgehead atoms. The summed E-state index contributed by atoms with van der Waals surface area (Å²) in [5.41, 5.74) is 7.62. The van der Waals surface area contributed by atoms with Gasteiger partial charge in [-0.2, -0.15) is 5.10 Å². The number of hydrogen-bond acceptors (Lipinski definition) is 2. The lowest BCUT2D eigenvalue weighted by atomic mass is 10.3. The van der Waals surface area contributed by atoms with Gasteiger partial charge in [0.05, 0.1) is 11.4 Å². The molecule has 0 aliphatic rings. The van der Waals surface area contributed by atoms with Crippen molar-refractivity contribution in [3.05, 3.63) is 46.7 Å². The van der Waals surface area contributed by atoms with Crippen LogP contribution in [-0.4, -0.2) is 9.78 Å². The minimum Gasteiger partial charge on any atom is -0.325 e. The molecule has 0 amide bonds. The van der Waals surface area contributed by atoms with Crippen LogP contribution in [0.15, 0.2) is 41.0 Å². The second-order valence-corrected chi connectivity index (χ2v) is 3.74. The number of benzene rings is 1. The van der Waals surface area contributed by atoms with Gasteiger partial charge in [-0.3, -0.25) is 0 Å². The summed E-state index contributed by atoms with van der Waals surface area (Å²) in [7, 11) is 0. The fraction of sp³-hybridized carbons (Fsp3) is 0.100. The van der Waals surface area contributed by atoms with Crippen molar-refractivity contribution >= 4 is 15.9 Å². The summed E-state index contributed by atoms with van der Waals surface area (Å²) in [5.74, 6) is 0. The average molecular weight is 252 g/mol. The molecule has 0 unspecified atom stereocenters. The maximum absolute atomic E-state index is 5.61. The molecule has 0 aliphatic carbocycles. The van der Waals surface area contributed by atoms with Crippen LogP contribution in [0.5, 0.6) is 0 Å². The van der Waals surface area contributed by atoms with E-state index >= 15 is 0 Å². The number of aromatic nitrogens is 2. The van der Waals surface area contributed by atoms with Crippen molar-refractivity contribution in [3.63, 3.8) is 0 Å². The van der Waals surface area contributed by atoms with E-state index in [1.165, 1.54) is 0 Å². The van der Waals surface area contributed by atoms with Gasteiger partial charge >= 0.3 is 0 Å². The highest BCUT2D eigenvalue weighted by molar-refractivity contribution is 9.10. The van der Waals surface area contributed by atoms with Crippen LogP contribution >= 0.6 is 15.9 Å². The lowest BCUT2D eigenvalue weighted by Crippen LogP contribution is -2.07. The Morgan fingerprint density at radius 2 is 2.07 bits per heavy atom. The summed E-state index contributed by atoms with van der Waals surface area (Å²) in [6.07, 6.45) is 1.75. The Labute approximate surface area is 90.7 Å². The van der Waals surface area contributed by atoms with Crippen molar-refractivity contribution in [3.8, 4) is 5.69 Å². The van der Waals surface area contributed by atoms with E-state index in [9.17, 15) is 0 Å². The number of halogens is 1. The predicted molar refractivity (Wildman–Crippen MR) is 59.2 cm³/mol. The minimum atomic E-state index is 0.487. The van der Waals surface area contributed by atoms with Gasteiger partial charge in [0.2, 0.25) is 0 Å². The fourth-order valence-electron chi connectivity index (χ4n) is 1.33. The number of nitrogens with zero attached hydrogens (tertiary/aromatic N) is 2. The molecule has 4 heteroatoms. The molecule has 0 fully saturated rings. The Morgan fingerprint density at radius 1 is 1.29 bits per heavy atom. The molecule has 1 heterocycles. The molecule has 0 saturated heterocycles. The average Bonchev–Trinajstić information content (AvgIpc) is 2.66. The van der Waals surface area contributed by atoms with Gasteiger partial charge in [0.25, 0.3) is 0 Å². The van der Waals surface area contributed by atoms with E-state index in [0.29, 0.717) is 6.54 Å². The van der Waals surface area contributed by atoms with Crippen molar-refractivity contribution in [1.29, 1.82) is 0 Å². The van der Waals surface area contributed by atoms with E-state index in [1.807, 2.05) is 35.0 Å². The van der Waals surface area contributed by atoms with Gasteiger partial charge in [0.1, 0.15) is 0 Å². The van der Waals surface area contributed by atoms with E-state index in [-0.39, 0.29) is 0 Å². The molecule has 2 aromatic rings. The lowest BCUT2D eigenvalue weighted by molar-refractivity contribution is 0.801. The third-order valence-electron chi connectivity index (χ3n) is 2.01. The monoisotopic (exact) mass is 251 g/mol. The number of para-hydroxylation sites is 1. The van der Waals surface area contributed by atoms with E-state index in [1.54, 1.807) is 6.20 Å². The Bertz CT molecular complexity index is 436.